The van der Waals surface area contributed by atoms with Crippen molar-refractivity contribution in [2.45, 2.75) is 0 Å². The molecular weight excluding hydrogens is 985 g/mol. The summed E-state index contributed by atoms with van der Waals surface area (Å²) in [4.78, 5) is 5.13. The smallest absolute Gasteiger partial charge is 0.0992 e. The van der Waals surface area contributed by atoms with E-state index in [9.17, 15) is 47.4 Å². The Balaban J connectivity index is 1.12. The van der Waals surface area contributed by atoms with Gasteiger partial charge in [-0.2, -0.15) is 47.4 Å². The molecule has 12 rings (SSSR count). The molecule has 12 heteroatoms. The third-order valence-electron chi connectivity index (χ3n) is 14.3. The third kappa shape index (κ3) is 8.17. The molecule has 12 nitrogen and oxygen atoms in total. The van der Waals surface area contributed by atoms with Gasteiger partial charge in [-0.25, -0.2) is 0 Å². The summed E-state index contributed by atoms with van der Waals surface area (Å²) in [7, 11) is 0. The van der Waals surface area contributed by atoms with Crippen molar-refractivity contribution in [1.82, 2.24) is 14.1 Å². The molecule has 80 heavy (non-hydrogen) atoms. The number of rotatable bonds is 7. The number of nitrogens with zero attached hydrogens (tertiary/aromatic N) is 12. The van der Waals surface area contributed by atoms with Crippen LogP contribution in [-0.2, 0) is 0 Å². The van der Waals surface area contributed by atoms with E-state index in [1.807, 2.05) is 97.1 Å². The second-order valence-corrected chi connectivity index (χ2v) is 18.9. The van der Waals surface area contributed by atoms with Gasteiger partial charge in [0.15, 0.2) is 0 Å². The highest BCUT2D eigenvalue weighted by Crippen LogP contribution is 2.44. The largest absolute Gasteiger partial charge is 0.309 e. The minimum absolute atomic E-state index is 0.339. The molecule has 0 N–H and O–H groups in total. The number of nitriles is 9. The van der Waals surface area contributed by atoms with E-state index in [1.165, 1.54) is 0 Å². The van der Waals surface area contributed by atoms with Crippen LogP contribution in [0.25, 0.3) is 111 Å². The maximum atomic E-state index is 10.6. The first-order chi connectivity index (χ1) is 39.2. The van der Waals surface area contributed by atoms with E-state index in [4.69, 9.17) is 4.98 Å². The first kappa shape index (κ1) is 48.1. The van der Waals surface area contributed by atoms with Crippen molar-refractivity contribution in [1.29, 1.82) is 47.4 Å². The summed E-state index contributed by atoms with van der Waals surface area (Å²) in [6.07, 6.45) is 1.70. The lowest BCUT2D eigenvalue weighted by Crippen LogP contribution is -2.03. The fourth-order valence-electron chi connectivity index (χ4n) is 10.8. The Labute approximate surface area is 456 Å². The molecule has 3 aromatic heterocycles. The zero-order chi connectivity index (χ0) is 55.2. The summed E-state index contributed by atoms with van der Waals surface area (Å²) in [6.45, 7) is 0. The number of benzene rings is 9. The predicted octanol–water partition coefficient (Wildman–Crippen LogP) is 14.5. The van der Waals surface area contributed by atoms with Gasteiger partial charge in [-0.3, -0.25) is 4.98 Å². The second-order valence-electron chi connectivity index (χ2n) is 18.9. The van der Waals surface area contributed by atoms with E-state index < -0.39 is 0 Å². The van der Waals surface area contributed by atoms with E-state index in [-0.39, 0.29) is 0 Å². The van der Waals surface area contributed by atoms with Crippen molar-refractivity contribution in [2.24, 2.45) is 0 Å². The summed E-state index contributed by atoms with van der Waals surface area (Å²) in [6, 6.07) is 73.0. The lowest BCUT2D eigenvalue weighted by molar-refractivity contribution is 1.13. The molecule has 0 atom stereocenters. The highest BCUT2D eigenvalue weighted by Gasteiger charge is 2.24. The molecule has 0 amide bonds. The van der Waals surface area contributed by atoms with Crippen LogP contribution in [0, 0.1) is 102 Å². The first-order valence-corrected chi connectivity index (χ1v) is 24.7. The van der Waals surface area contributed by atoms with Crippen LogP contribution in [0.4, 0.5) is 0 Å². The van der Waals surface area contributed by atoms with Crippen molar-refractivity contribution < 1.29 is 0 Å². The van der Waals surface area contributed by atoms with E-state index in [1.54, 1.807) is 85.1 Å². The molecule has 3 heterocycles. The molecule has 0 saturated carbocycles. The van der Waals surface area contributed by atoms with Crippen LogP contribution >= 0.6 is 0 Å². The van der Waals surface area contributed by atoms with Gasteiger partial charge in [-0.05, 0) is 196 Å². The van der Waals surface area contributed by atoms with Crippen molar-refractivity contribution in [3.63, 3.8) is 0 Å². The van der Waals surface area contributed by atoms with Crippen molar-refractivity contribution in [2.75, 3.05) is 0 Å². The Hall–Kier alpha value is -12.9. The van der Waals surface area contributed by atoms with Gasteiger partial charge < -0.3 is 9.13 Å². The summed E-state index contributed by atoms with van der Waals surface area (Å²) in [5.74, 6) is 0. The van der Waals surface area contributed by atoms with Crippen LogP contribution in [0.2, 0.25) is 0 Å². The molecule has 9 aromatic carbocycles. The van der Waals surface area contributed by atoms with Crippen LogP contribution in [0.1, 0.15) is 50.1 Å². The van der Waals surface area contributed by atoms with Crippen LogP contribution in [-0.4, -0.2) is 14.1 Å². The zero-order valence-corrected chi connectivity index (χ0v) is 41.7. The molecule has 0 saturated heterocycles. The highest BCUT2D eigenvalue weighted by molar-refractivity contribution is 6.14. The second kappa shape index (κ2) is 19.4. The minimum atomic E-state index is 0.339. The third-order valence-corrected chi connectivity index (χ3v) is 14.3. The molecule has 0 spiro atoms. The number of fused-ring (bicyclic) bond motifs is 6. The maximum absolute atomic E-state index is 10.6. The number of pyridine rings is 1. The van der Waals surface area contributed by atoms with Gasteiger partial charge in [0.05, 0.1) is 144 Å². The monoisotopic (exact) mass is 1010 g/mol. The number of aromatic nitrogens is 3. The van der Waals surface area contributed by atoms with Crippen molar-refractivity contribution in [3.8, 4) is 122 Å². The van der Waals surface area contributed by atoms with Gasteiger partial charge in [-0.15, -0.1) is 0 Å². The van der Waals surface area contributed by atoms with Gasteiger partial charge in [-0.1, -0.05) is 24.3 Å². The van der Waals surface area contributed by atoms with Crippen LogP contribution in [0.3, 0.4) is 0 Å². The topological polar surface area (TPSA) is 237 Å². The van der Waals surface area contributed by atoms with Crippen LogP contribution in [0.15, 0.2) is 182 Å². The molecule has 0 radical (unpaired) electrons. The lowest BCUT2D eigenvalue weighted by Gasteiger charge is -2.18. The zero-order valence-electron chi connectivity index (χ0n) is 41.7. The maximum Gasteiger partial charge on any atom is 0.0992 e. The Morgan fingerprint density at radius 3 is 0.863 bits per heavy atom. The molecule has 12 aromatic rings. The molecule has 0 bridgehead atoms. The predicted molar refractivity (Wildman–Crippen MR) is 303 cm³/mol. The molecule has 0 aliphatic carbocycles. The minimum Gasteiger partial charge on any atom is -0.309 e. The lowest BCUT2D eigenvalue weighted by atomic mass is 9.97. The molecule has 0 fully saturated rings. The van der Waals surface area contributed by atoms with E-state index in [2.05, 4.69) is 63.8 Å². The molecule has 0 aliphatic rings. The summed E-state index contributed by atoms with van der Waals surface area (Å²) in [5, 5.41) is 93.3. The number of hydrogen-bond acceptors (Lipinski definition) is 10. The summed E-state index contributed by atoms with van der Waals surface area (Å²) < 4.78 is 4.23. The Morgan fingerprint density at radius 2 is 0.562 bits per heavy atom. The Bertz CT molecular complexity index is 4750. The summed E-state index contributed by atoms with van der Waals surface area (Å²) >= 11 is 0. The average Bonchev–Trinajstić information content (AvgIpc) is 4.04. The fraction of sp³-hybridized carbons (Fsp3) is 0. The molecule has 362 valence electrons. The normalized spacial score (nSPS) is 10.6. The van der Waals surface area contributed by atoms with E-state index in [0.29, 0.717) is 95.0 Å². The Kier molecular flexibility index (Phi) is 11.7. The quantitative estimate of drug-likeness (QED) is 0.146. The van der Waals surface area contributed by atoms with Crippen LogP contribution in [0.5, 0.6) is 0 Å². The number of hydrogen-bond donors (Lipinski definition) is 0. The van der Waals surface area contributed by atoms with Gasteiger partial charge in [0, 0.05) is 33.3 Å². The molecule has 0 unspecified atom stereocenters. The van der Waals surface area contributed by atoms with E-state index in [0.717, 1.165) is 65.9 Å². The SMILES string of the molecule is N#Cc1cc(C#N)cc(-c2ccc3c(c2)c2cc(-c4cc(C#N)cc(C#N)c4)ccc2n3-c2ccc(C#N)cc2-c2ncccc2-n2c3ccc(-c4cc(C#N)cc(C#N)c4)cc3c3cc(-c4cc(C#N)cc(C#N)c4)ccc32)c1. The summed E-state index contributed by atoms with van der Waals surface area (Å²) in [5.41, 5.74) is 14.5. The van der Waals surface area contributed by atoms with Gasteiger partial charge in [0.25, 0.3) is 0 Å². The average molecular weight is 1020 g/mol. The van der Waals surface area contributed by atoms with Gasteiger partial charge in [0.2, 0.25) is 0 Å². The fourth-order valence-corrected chi connectivity index (χ4v) is 10.8. The van der Waals surface area contributed by atoms with Crippen molar-refractivity contribution in [3.05, 3.63) is 232 Å². The molecular formula is C68H30N12. The first-order valence-electron chi connectivity index (χ1n) is 24.7. The standard InChI is InChI=1S/C68H30N12/c69-31-40-3-8-66(79-62-9-4-49(53-18-41(32-70)14-42(19-53)33-71)27-57(62)58-28-50(5-10-63(58)79)54-20-43(34-72)15-44(21-54)35-73)61(26-40)68-67(2-1-13-78-68)80-64-11-6-51(55-22-45(36-74)16-46(23-55)37-75)29-59(64)60-30-52(7-12-65(60)80)56-24-47(38-76)17-48(25-56)39-77/h1-30H. The highest BCUT2D eigenvalue weighted by atomic mass is 15.0. The van der Waals surface area contributed by atoms with Crippen LogP contribution < -0.4 is 0 Å². The van der Waals surface area contributed by atoms with Gasteiger partial charge >= 0.3 is 0 Å². The Morgan fingerprint density at radius 1 is 0.263 bits per heavy atom. The van der Waals surface area contributed by atoms with Crippen molar-refractivity contribution >= 4 is 43.6 Å². The van der Waals surface area contributed by atoms with E-state index >= 15 is 0 Å². The van der Waals surface area contributed by atoms with Gasteiger partial charge in [0.1, 0.15) is 0 Å². The molecule has 0 aliphatic heterocycles.